The summed E-state index contributed by atoms with van der Waals surface area (Å²) in [6.07, 6.45) is -0.105. The Morgan fingerprint density at radius 1 is 1.27 bits per heavy atom. The van der Waals surface area contributed by atoms with Gasteiger partial charge in [-0.25, -0.2) is 24.9 Å². The van der Waals surface area contributed by atoms with Crippen LogP contribution in [0.5, 0.6) is 0 Å². The van der Waals surface area contributed by atoms with Crippen LogP contribution in [-0.2, 0) is 4.79 Å². The van der Waals surface area contributed by atoms with Crippen molar-refractivity contribution in [2.75, 3.05) is 35.3 Å². The van der Waals surface area contributed by atoms with E-state index in [0.29, 0.717) is 12.0 Å². The van der Waals surface area contributed by atoms with E-state index < -0.39 is 36.4 Å². The highest BCUT2D eigenvalue weighted by Crippen LogP contribution is 2.35. The van der Waals surface area contributed by atoms with Crippen LogP contribution in [0.25, 0.3) is 11.4 Å². The van der Waals surface area contributed by atoms with Crippen LogP contribution >= 0.6 is 0 Å². The number of aliphatic hydroxyl groups is 1. The maximum absolute atomic E-state index is 13.3. The van der Waals surface area contributed by atoms with Gasteiger partial charge in [-0.2, -0.15) is 18.4 Å². The van der Waals surface area contributed by atoms with Gasteiger partial charge in [0.1, 0.15) is 24.4 Å². The van der Waals surface area contributed by atoms with E-state index in [0.717, 1.165) is 9.80 Å². The summed E-state index contributed by atoms with van der Waals surface area (Å²) < 4.78 is 41.3. The molecule has 41 heavy (non-hydrogen) atoms. The Labute approximate surface area is 231 Å². The van der Waals surface area contributed by atoms with Gasteiger partial charge in [-0.15, -0.1) is 0 Å². The van der Waals surface area contributed by atoms with Crippen molar-refractivity contribution in [3.05, 3.63) is 36.7 Å². The van der Waals surface area contributed by atoms with E-state index in [1.165, 1.54) is 54.4 Å². The highest BCUT2D eigenvalue weighted by atomic mass is 19.4. The first-order valence-corrected chi connectivity index (χ1v) is 12.5. The molecule has 5 rings (SSSR count). The van der Waals surface area contributed by atoms with Gasteiger partial charge in [0.25, 0.3) is 5.91 Å². The smallest absolute Gasteiger partial charge is 0.356 e. The summed E-state index contributed by atoms with van der Waals surface area (Å²) in [5.74, 6) is -0.855. The van der Waals surface area contributed by atoms with Crippen molar-refractivity contribution < 1.29 is 27.9 Å². The van der Waals surface area contributed by atoms with E-state index in [1.54, 1.807) is 0 Å². The van der Waals surface area contributed by atoms with Crippen molar-refractivity contribution in [1.29, 1.82) is 5.26 Å². The molecule has 214 valence electrons. The quantitative estimate of drug-likeness (QED) is 0.412. The number of aliphatic hydroxyl groups excluding tert-OH is 1. The molecule has 14 nitrogen and oxygen atoms in total. The third-order valence-corrected chi connectivity index (χ3v) is 6.93. The fourth-order valence-corrected chi connectivity index (χ4v) is 4.75. The van der Waals surface area contributed by atoms with E-state index in [9.17, 15) is 27.9 Å². The Morgan fingerprint density at radius 2 is 2.00 bits per heavy atom. The summed E-state index contributed by atoms with van der Waals surface area (Å²) in [5, 5.41) is 22.1. The minimum atomic E-state index is -4.39. The molecule has 3 atom stereocenters. The Hall–Kier alpha value is -4.85. The van der Waals surface area contributed by atoms with Crippen LogP contribution in [0.4, 0.5) is 30.8 Å². The van der Waals surface area contributed by atoms with Crippen LogP contribution < -0.4 is 15.1 Å². The van der Waals surface area contributed by atoms with E-state index in [2.05, 4.69) is 30.2 Å². The number of alkyl halides is 3. The largest absolute Gasteiger partial charge is 0.408 e. The lowest BCUT2D eigenvalue weighted by atomic mass is 10.2. The van der Waals surface area contributed by atoms with Gasteiger partial charge in [-0.1, -0.05) is 0 Å². The number of carbonyl (C=O) groups excluding carboxylic acids is 2. The molecule has 1 saturated heterocycles. The number of hydrogen-bond acceptors (Lipinski definition) is 11. The summed E-state index contributed by atoms with van der Waals surface area (Å²) >= 11 is 0. The van der Waals surface area contributed by atoms with E-state index in [4.69, 9.17) is 5.26 Å². The molecule has 2 aliphatic rings. The zero-order valence-electron chi connectivity index (χ0n) is 21.8. The Kier molecular flexibility index (Phi) is 7.17. The van der Waals surface area contributed by atoms with Gasteiger partial charge < -0.3 is 24.8 Å². The molecule has 0 aliphatic carbocycles. The molecule has 0 spiro atoms. The number of halogens is 3. The molecule has 2 N–H and O–H groups in total. The van der Waals surface area contributed by atoms with Crippen LogP contribution in [0.15, 0.2) is 31.0 Å². The van der Waals surface area contributed by atoms with Gasteiger partial charge in [0.15, 0.2) is 17.3 Å². The number of aromatic nitrogens is 6. The molecule has 3 aromatic rings. The normalized spacial score (nSPS) is 19.6. The third kappa shape index (κ3) is 5.09. The first-order valence-electron chi connectivity index (χ1n) is 12.5. The van der Waals surface area contributed by atoms with Crippen LogP contribution in [0.2, 0.25) is 0 Å². The van der Waals surface area contributed by atoms with Crippen molar-refractivity contribution in [1.82, 2.24) is 34.4 Å². The first-order chi connectivity index (χ1) is 19.5. The summed E-state index contributed by atoms with van der Waals surface area (Å²) in [6, 6.07) is 0.677. The Morgan fingerprint density at radius 3 is 2.68 bits per heavy atom. The summed E-state index contributed by atoms with van der Waals surface area (Å²) in [7, 11) is 1.50. The number of nitrogens with zero attached hydrogens (tertiary/aromatic N) is 10. The molecule has 2 amide bonds. The van der Waals surface area contributed by atoms with Crippen molar-refractivity contribution in [2.45, 2.75) is 44.4 Å². The number of hydrogen-bond donors (Lipinski definition) is 2. The fourth-order valence-electron chi connectivity index (χ4n) is 4.75. The molecular formula is C24H24F3N11O3. The summed E-state index contributed by atoms with van der Waals surface area (Å²) in [4.78, 5) is 50.3. The number of nitriles is 1. The number of nitrogens with one attached hydrogen (secondary N) is 1. The maximum Gasteiger partial charge on any atom is 0.408 e. The molecule has 0 saturated carbocycles. The topological polar surface area (TPSA) is 169 Å². The molecular weight excluding hydrogens is 547 g/mol. The van der Waals surface area contributed by atoms with Crippen molar-refractivity contribution >= 4 is 29.4 Å². The lowest BCUT2D eigenvalue weighted by Crippen LogP contribution is -2.54. The maximum atomic E-state index is 13.3. The molecule has 17 heteroatoms. The number of amides is 2. The minimum absolute atomic E-state index is 0.0231. The van der Waals surface area contributed by atoms with E-state index in [1.807, 2.05) is 6.07 Å². The molecule has 1 fully saturated rings. The van der Waals surface area contributed by atoms with Crippen molar-refractivity contribution in [2.24, 2.45) is 0 Å². The average Bonchev–Trinajstić information content (AvgIpc) is 3.62. The minimum Gasteiger partial charge on any atom is -0.356 e. The molecule has 1 unspecified atom stereocenters. The van der Waals surface area contributed by atoms with Crippen LogP contribution in [0.1, 0.15) is 36.3 Å². The molecule has 3 aromatic heterocycles. The second kappa shape index (κ2) is 10.6. The molecule has 0 aromatic carbocycles. The van der Waals surface area contributed by atoms with Crippen molar-refractivity contribution in [3.8, 4) is 17.5 Å². The van der Waals surface area contributed by atoms with Crippen LogP contribution in [0.3, 0.4) is 0 Å². The van der Waals surface area contributed by atoms with Gasteiger partial charge in [-0.3, -0.25) is 14.5 Å². The number of imidazole rings is 1. The highest BCUT2D eigenvalue weighted by Gasteiger charge is 2.47. The van der Waals surface area contributed by atoms with Crippen LogP contribution in [-0.4, -0.2) is 90.0 Å². The summed E-state index contributed by atoms with van der Waals surface area (Å²) in [6.45, 7) is 1.36. The second-order valence-corrected chi connectivity index (χ2v) is 9.47. The average molecular weight is 572 g/mol. The van der Waals surface area contributed by atoms with Crippen molar-refractivity contribution in [3.63, 3.8) is 0 Å². The Bertz CT molecular complexity index is 1500. The van der Waals surface area contributed by atoms with Gasteiger partial charge in [0.05, 0.1) is 18.0 Å². The third-order valence-electron chi connectivity index (χ3n) is 6.93. The number of anilines is 3. The van der Waals surface area contributed by atoms with E-state index >= 15 is 0 Å². The molecule has 0 bridgehead atoms. The zero-order chi connectivity index (χ0) is 29.5. The van der Waals surface area contributed by atoms with E-state index in [-0.39, 0.29) is 48.6 Å². The monoisotopic (exact) mass is 571 g/mol. The SMILES string of the molecule is C[C@@H](C(=O)Nc1ccnc(-c2cnc(N3CCC[C@H]3C(F)(F)F)nc2)n1)n1cnc2c1C(=O)N(CC#N)C(O)N2C. The van der Waals surface area contributed by atoms with Gasteiger partial charge in [0.2, 0.25) is 18.2 Å². The first kappa shape index (κ1) is 27.7. The molecule has 5 heterocycles. The second-order valence-electron chi connectivity index (χ2n) is 9.47. The number of rotatable bonds is 6. The molecule has 2 aliphatic heterocycles. The zero-order valence-corrected chi connectivity index (χ0v) is 21.8. The predicted molar refractivity (Wildman–Crippen MR) is 136 cm³/mol. The number of fused-ring (bicyclic) bond motifs is 1. The summed E-state index contributed by atoms with van der Waals surface area (Å²) in [5.41, 5.74) is 0.358. The standard InChI is InChI=1S/C24H24F3N11O3/c1-13(38-12-32-19-17(38)21(40)37(9-6-28)23(41)35(19)2)20(39)34-16-5-7-29-18(33-16)14-10-30-22(31-11-14)36-8-3-4-15(36)24(25,26)27/h5,7,10-13,15,23,41H,3-4,8-9H2,1-2H3,(H,29,33,34,39)/t13-,15-,23?/m0/s1. The number of carbonyl (C=O) groups is 2. The van der Waals surface area contributed by atoms with Gasteiger partial charge in [0, 0.05) is 32.2 Å². The van der Waals surface area contributed by atoms with Gasteiger partial charge in [-0.05, 0) is 25.8 Å². The molecule has 0 radical (unpaired) electrons. The highest BCUT2D eigenvalue weighted by molar-refractivity contribution is 6.01. The lowest BCUT2D eigenvalue weighted by Gasteiger charge is -2.37. The van der Waals surface area contributed by atoms with Gasteiger partial charge >= 0.3 is 6.18 Å². The van der Waals surface area contributed by atoms with Crippen LogP contribution in [0, 0.1) is 11.3 Å². The lowest BCUT2D eigenvalue weighted by molar-refractivity contribution is -0.146. The fraction of sp³-hybridized carbons (Fsp3) is 0.417. The predicted octanol–water partition coefficient (Wildman–Crippen LogP) is 1.55. The Balaban J connectivity index is 1.32.